The number of nitrogens with zero attached hydrogens (tertiary/aromatic N) is 6. The Balaban J connectivity index is 2.37. The molecule has 0 radical (unpaired) electrons. The summed E-state index contributed by atoms with van der Waals surface area (Å²) in [6.07, 6.45) is 0. The van der Waals surface area contributed by atoms with Crippen molar-refractivity contribution >= 4 is 17.4 Å². The van der Waals surface area contributed by atoms with Crippen LogP contribution in [0.1, 0.15) is 13.8 Å². The number of anilines is 1. The van der Waals surface area contributed by atoms with Crippen molar-refractivity contribution < 1.29 is 9.90 Å². The van der Waals surface area contributed by atoms with E-state index in [1.54, 1.807) is 17.0 Å². The Kier molecular flexibility index (Phi) is 2.86. The lowest BCUT2D eigenvalue weighted by molar-refractivity contribution is -0.135. The topological polar surface area (TPSA) is 96.5 Å². The second-order valence-corrected chi connectivity index (χ2v) is 3.83. The second kappa shape index (κ2) is 4.32. The number of carbonyl (C=O) groups is 1. The van der Waals surface area contributed by atoms with Gasteiger partial charge in [0, 0.05) is 6.04 Å². The summed E-state index contributed by atoms with van der Waals surface area (Å²) in [6.45, 7) is 3.68. The van der Waals surface area contributed by atoms with Gasteiger partial charge < -0.3 is 10.0 Å². The lowest BCUT2D eigenvalue weighted by atomic mass is 10.3. The zero-order valence-electron chi connectivity index (χ0n) is 9.48. The van der Waals surface area contributed by atoms with Crippen molar-refractivity contribution in [2.45, 2.75) is 19.9 Å². The Morgan fingerprint density at radius 2 is 2.29 bits per heavy atom. The van der Waals surface area contributed by atoms with E-state index in [-0.39, 0.29) is 12.6 Å². The van der Waals surface area contributed by atoms with Gasteiger partial charge in [-0.05, 0) is 36.4 Å². The summed E-state index contributed by atoms with van der Waals surface area (Å²) in [7, 11) is 0. The van der Waals surface area contributed by atoms with Crippen molar-refractivity contribution in [1.82, 2.24) is 25.3 Å². The fourth-order valence-corrected chi connectivity index (χ4v) is 1.47. The van der Waals surface area contributed by atoms with Gasteiger partial charge in [0.05, 0.1) is 0 Å². The smallest absolute Gasteiger partial charge is 0.323 e. The highest BCUT2D eigenvalue weighted by atomic mass is 16.4. The maximum atomic E-state index is 10.8. The van der Waals surface area contributed by atoms with Crippen molar-refractivity contribution in [2.75, 3.05) is 11.4 Å². The molecule has 8 heteroatoms. The minimum absolute atomic E-state index is 0.0209. The normalized spacial score (nSPS) is 11.0. The number of fused-ring (bicyclic) bond motifs is 1. The number of tetrazole rings is 1. The van der Waals surface area contributed by atoms with Gasteiger partial charge in [-0.15, -0.1) is 14.8 Å². The van der Waals surface area contributed by atoms with Crippen LogP contribution in [0.25, 0.3) is 5.65 Å². The monoisotopic (exact) mass is 236 g/mol. The molecule has 0 unspecified atom stereocenters. The van der Waals surface area contributed by atoms with Gasteiger partial charge in [-0.25, -0.2) is 0 Å². The number of carboxylic acid groups (broad SMARTS) is 1. The zero-order chi connectivity index (χ0) is 12.4. The van der Waals surface area contributed by atoms with Crippen LogP contribution in [-0.4, -0.2) is 48.9 Å². The van der Waals surface area contributed by atoms with Crippen LogP contribution in [0.15, 0.2) is 12.1 Å². The Hall–Kier alpha value is -2.25. The van der Waals surface area contributed by atoms with E-state index in [2.05, 4.69) is 20.6 Å². The fourth-order valence-electron chi connectivity index (χ4n) is 1.47. The number of hydrogen-bond donors (Lipinski definition) is 1. The highest BCUT2D eigenvalue weighted by Gasteiger charge is 2.16. The van der Waals surface area contributed by atoms with E-state index in [1.807, 2.05) is 13.8 Å². The molecular formula is C9H12N6O2. The van der Waals surface area contributed by atoms with Gasteiger partial charge in [0.15, 0.2) is 11.5 Å². The first-order chi connectivity index (χ1) is 8.08. The average molecular weight is 236 g/mol. The number of carboxylic acids is 1. The summed E-state index contributed by atoms with van der Waals surface area (Å²) in [4.78, 5) is 12.4. The molecule has 2 aromatic rings. The van der Waals surface area contributed by atoms with Gasteiger partial charge >= 0.3 is 5.97 Å². The highest BCUT2D eigenvalue weighted by Crippen LogP contribution is 2.13. The van der Waals surface area contributed by atoms with Crippen LogP contribution < -0.4 is 4.90 Å². The van der Waals surface area contributed by atoms with E-state index in [0.717, 1.165) is 0 Å². The fraction of sp³-hybridized carbons (Fsp3) is 0.444. The van der Waals surface area contributed by atoms with E-state index in [9.17, 15) is 4.79 Å². The second-order valence-electron chi connectivity index (χ2n) is 3.83. The zero-order valence-corrected chi connectivity index (χ0v) is 9.48. The Bertz CT molecular complexity index is 537. The molecule has 17 heavy (non-hydrogen) atoms. The van der Waals surface area contributed by atoms with Crippen molar-refractivity contribution in [3.05, 3.63) is 12.1 Å². The quantitative estimate of drug-likeness (QED) is 0.786. The number of aromatic nitrogens is 5. The van der Waals surface area contributed by atoms with Crippen LogP contribution in [0, 0.1) is 0 Å². The minimum Gasteiger partial charge on any atom is -0.480 e. The first-order valence-corrected chi connectivity index (χ1v) is 5.12. The van der Waals surface area contributed by atoms with E-state index in [0.29, 0.717) is 11.5 Å². The number of aliphatic carboxylic acids is 1. The SMILES string of the molecule is CC(C)N(CC(=O)O)c1ccc2nnnn2n1. The first kappa shape index (κ1) is 11.2. The van der Waals surface area contributed by atoms with Gasteiger partial charge in [-0.2, -0.15) is 0 Å². The average Bonchev–Trinajstić information content (AvgIpc) is 2.72. The molecule has 0 atom stereocenters. The van der Waals surface area contributed by atoms with Crippen molar-refractivity contribution in [2.24, 2.45) is 0 Å². The predicted octanol–water partition coefficient (Wildman–Crippen LogP) is -0.181. The van der Waals surface area contributed by atoms with Gasteiger partial charge in [-0.1, -0.05) is 0 Å². The van der Waals surface area contributed by atoms with E-state index < -0.39 is 5.97 Å². The Morgan fingerprint density at radius 1 is 1.53 bits per heavy atom. The summed E-state index contributed by atoms with van der Waals surface area (Å²) < 4.78 is 1.27. The van der Waals surface area contributed by atoms with Crippen LogP contribution in [0.3, 0.4) is 0 Å². The molecule has 0 aliphatic rings. The Morgan fingerprint density at radius 3 is 2.94 bits per heavy atom. The number of rotatable bonds is 4. The maximum absolute atomic E-state index is 10.8. The lowest BCUT2D eigenvalue weighted by Crippen LogP contribution is -2.36. The summed E-state index contributed by atoms with van der Waals surface area (Å²) in [6, 6.07) is 3.42. The van der Waals surface area contributed by atoms with Crippen molar-refractivity contribution in [1.29, 1.82) is 0 Å². The van der Waals surface area contributed by atoms with Gasteiger partial charge in [-0.3, -0.25) is 4.79 Å². The highest BCUT2D eigenvalue weighted by molar-refractivity contribution is 5.73. The predicted molar refractivity (Wildman–Crippen MR) is 58.7 cm³/mol. The molecule has 0 saturated heterocycles. The minimum atomic E-state index is -0.905. The Labute approximate surface area is 96.8 Å². The summed E-state index contributed by atoms with van der Waals surface area (Å²) in [5.74, 6) is -0.375. The molecule has 0 fully saturated rings. The van der Waals surface area contributed by atoms with Gasteiger partial charge in [0.25, 0.3) is 0 Å². The van der Waals surface area contributed by atoms with Crippen LogP contribution in [0.2, 0.25) is 0 Å². The molecule has 90 valence electrons. The third-order valence-electron chi connectivity index (χ3n) is 2.28. The van der Waals surface area contributed by atoms with Crippen LogP contribution in [0.4, 0.5) is 5.82 Å². The van der Waals surface area contributed by atoms with E-state index in [4.69, 9.17) is 5.11 Å². The molecule has 0 spiro atoms. The molecule has 0 bridgehead atoms. The standard InChI is InChI=1S/C9H12N6O2/c1-6(2)14(5-9(16)17)8-4-3-7-10-12-13-15(7)11-8/h3-4,6H,5H2,1-2H3,(H,16,17). The lowest BCUT2D eigenvalue weighted by Gasteiger charge is -2.25. The molecule has 0 amide bonds. The molecule has 0 aliphatic carbocycles. The van der Waals surface area contributed by atoms with Crippen molar-refractivity contribution in [3.8, 4) is 0 Å². The molecule has 0 saturated carbocycles. The third-order valence-corrected chi connectivity index (χ3v) is 2.28. The molecule has 2 heterocycles. The van der Waals surface area contributed by atoms with Crippen LogP contribution >= 0.6 is 0 Å². The van der Waals surface area contributed by atoms with Gasteiger partial charge in [0.2, 0.25) is 0 Å². The van der Waals surface area contributed by atoms with Gasteiger partial charge in [0.1, 0.15) is 6.54 Å². The molecule has 0 aromatic carbocycles. The largest absolute Gasteiger partial charge is 0.480 e. The third kappa shape index (κ3) is 2.30. The molecule has 8 nitrogen and oxygen atoms in total. The van der Waals surface area contributed by atoms with E-state index in [1.165, 1.54) is 4.63 Å². The van der Waals surface area contributed by atoms with E-state index >= 15 is 0 Å². The van der Waals surface area contributed by atoms with Crippen LogP contribution in [-0.2, 0) is 4.79 Å². The van der Waals surface area contributed by atoms with Crippen LogP contribution in [0.5, 0.6) is 0 Å². The summed E-state index contributed by atoms with van der Waals surface area (Å²) in [5.41, 5.74) is 0.521. The first-order valence-electron chi connectivity index (χ1n) is 5.12. The molecule has 0 aliphatic heterocycles. The maximum Gasteiger partial charge on any atom is 0.323 e. The molecular weight excluding hydrogens is 224 g/mol. The summed E-state index contributed by atoms with van der Waals surface area (Å²) >= 11 is 0. The molecule has 2 aromatic heterocycles. The molecule has 1 N–H and O–H groups in total. The molecule has 2 rings (SSSR count). The number of hydrogen-bond acceptors (Lipinski definition) is 6. The summed E-state index contributed by atoms with van der Waals surface area (Å²) in [5, 5.41) is 23.9. The van der Waals surface area contributed by atoms with Crippen molar-refractivity contribution in [3.63, 3.8) is 0 Å².